The van der Waals surface area contributed by atoms with Crippen LogP contribution in [0.25, 0.3) is 5.69 Å². The van der Waals surface area contributed by atoms with Crippen LogP contribution in [0.15, 0.2) is 36.8 Å². The molecule has 2 rings (SSSR count). The van der Waals surface area contributed by atoms with Crippen LogP contribution in [-0.4, -0.2) is 40.4 Å². The van der Waals surface area contributed by atoms with Crippen molar-refractivity contribution in [3.63, 3.8) is 0 Å². The average molecular weight is 373 g/mol. The summed E-state index contributed by atoms with van der Waals surface area (Å²) in [5.41, 5.74) is 2.23. The molecule has 0 saturated heterocycles. The van der Waals surface area contributed by atoms with Crippen LogP contribution in [0.2, 0.25) is 0 Å². The number of alkyl carbamates (subject to hydrolysis) is 1. The van der Waals surface area contributed by atoms with Gasteiger partial charge in [0.05, 0.1) is 19.1 Å². The Morgan fingerprint density at radius 2 is 1.89 bits per heavy atom. The summed E-state index contributed by atoms with van der Waals surface area (Å²) in [5.74, 6) is -0.553. The van der Waals surface area contributed by atoms with Crippen molar-refractivity contribution in [2.75, 3.05) is 7.11 Å². The monoisotopic (exact) mass is 373 g/mol. The lowest BCUT2D eigenvalue weighted by Gasteiger charge is -2.22. The van der Waals surface area contributed by atoms with Crippen molar-refractivity contribution < 1.29 is 19.1 Å². The third-order valence-electron chi connectivity index (χ3n) is 3.87. The lowest BCUT2D eigenvalue weighted by molar-refractivity contribution is -0.143. The van der Waals surface area contributed by atoms with E-state index in [1.807, 2.05) is 22.9 Å². The maximum atomic E-state index is 12.0. The second kappa shape index (κ2) is 8.70. The van der Waals surface area contributed by atoms with E-state index in [9.17, 15) is 9.59 Å². The zero-order valence-electron chi connectivity index (χ0n) is 16.5. The Bertz CT molecular complexity index is 775. The van der Waals surface area contributed by atoms with Crippen LogP contribution in [-0.2, 0) is 27.1 Å². The summed E-state index contributed by atoms with van der Waals surface area (Å²) in [5, 5.41) is 2.55. The molecule has 0 radical (unpaired) electrons. The SMILES string of the molecule is CCc1ccc(-n2cnc(C[C@H](NC(=O)OC(C)(C)C)C(=O)OC)c2)cc1. The lowest BCUT2D eigenvalue weighted by Crippen LogP contribution is -2.45. The normalized spacial score (nSPS) is 12.3. The van der Waals surface area contributed by atoms with Crippen molar-refractivity contribution in [2.24, 2.45) is 0 Å². The second-order valence-corrected chi connectivity index (χ2v) is 7.22. The molecule has 7 nitrogen and oxygen atoms in total. The number of amides is 1. The minimum absolute atomic E-state index is 0.200. The minimum Gasteiger partial charge on any atom is -0.467 e. The molecule has 0 saturated carbocycles. The molecule has 1 amide bonds. The predicted molar refractivity (Wildman–Crippen MR) is 102 cm³/mol. The van der Waals surface area contributed by atoms with Gasteiger partial charge in [0.1, 0.15) is 11.6 Å². The molecule has 7 heteroatoms. The number of hydrogen-bond acceptors (Lipinski definition) is 5. The average Bonchev–Trinajstić information content (AvgIpc) is 3.07. The number of ether oxygens (including phenoxy) is 2. The Balaban J connectivity index is 2.10. The van der Waals surface area contributed by atoms with Crippen molar-refractivity contribution in [1.82, 2.24) is 14.9 Å². The van der Waals surface area contributed by atoms with Crippen LogP contribution >= 0.6 is 0 Å². The number of imidazole rings is 1. The highest BCUT2D eigenvalue weighted by Crippen LogP contribution is 2.13. The Hall–Kier alpha value is -2.83. The molecule has 27 heavy (non-hydrogen) atoms. The highest BCUT2D eigenvalue weighted by molar-refractivity contribution is 5.81. The van der Waals surface area contributed by atoms with Crippen molar-refractivity contribution in [1.29, 1.82) is 0 Å². The zero-order valence-corrected chi connectivity index (χ0v) is 16.5. The quantitative estimate of drug-likeness (QED) is 0.787. The third kappa shape index (κ3) is 6.13. The predicted octanol–water partition coefficient (Wildman–Crippen LogP) is 3.04. The molecule has 0 unspecified atom stereocenters. The Kier molecular flexibility index (Phi) is 6.60. The van der Waals surface area contributed by atoms with Gasteiger partial charge in [-0.15, -0.1) is 0 Å². The molecular formula is C20H27N3O4. The molecule has 0 aliphatic rings. The molecule has 0 aliphatic carbocycles. The van der Waals surface area contributed by atoms with Gasteiger partial charge in [0, 0.05) is 18.3 Å². The number of methoxy groups -OCH3 is 1. The van der Waals surface area contributed by atoms with E-state index in [0.29, 0.717) is 5.69 Å². The van der Waals surface area contributed by atoms with Gasteiger partial charge in [0.2, 0.25) is 0 Å². The number of esters is 1. The number of aromatic nitrogens is 2. The van der Waals surface area contributed by atoms with Crippen LogP contribution in [0.4, 0.5) is 4.79 Å². The molecule has 1 N–H and O–H groups in total. The number of carbonyl (C=O) groups excluding carboxylic acids is 2. The van der Waals surface area contributed by atoms with E-state index in [4.69, 9.17) is 9.47 Å². The maximum absolute atomic E-state index is 12.0. The van der Waals surface area contributed by atoms with Crippen molar-refractivity contribution >= 4 is 12.1 Å². The number of nitrogens with zero attached hydrogens (tertiary/aromatic N) is 2. The van der Waals surface area contributed by atoms with Crippen LogP contribution in [0.1, 0.15) is 39.0 Å². The number of aryl methyl sites for hydroxylation is 1. The summed E-state index contributed by atoms with van der Waals surface area (Å²) in [7, 11) is 1.28. The summed E-state index contributed by atoms with van der Waals surface area (Å²) >= 11 is 0. The van der Waals surface area contributed by atoms with Crippen molar-refractivity contribution in [2.45, 2.75) is 52.2 Å². The van der Waals surface area contributed by atoms with E-state index in [1.54, 1.807) is 27.1 Å². The molecule has 0 aliphatic heterocycles. The Labute approximate surface area is 159 Å². The Morgan fingerprint density at radius 1 is 1.22 bits per heavy atom. The molecule has 0 bridgehead atoms. The Morgan fingerprint density at radius 3 is 2.44 bits per heavy atom. The molecular weight excluding hydrogens is 346 g/mol. The first-order valence-electron chi connectivity index (χ1n) is 8.91. The van der Waals surface area contributed by atoms with Gasteiger partial charge in [-0.25, -0.2) is 14.6 Å². The molecule has 0 spiro atoms. The van der Waals surface area contributed by atoms with E-state index in [0.717, 1.165) is 12.1 Å². The number of carbonyl (C=O) groups is 2. The van der Waals surface area contributed by atoms with E-state index in [-0.39, 0.29) is 6.42 Å². The molecule has 2 aromatic rings. The minimum atomic E-state index is -0.879. The molecule has 0 fully saturated rings. The van der Waals surface area contributed by atoms with Gasteiger partial charge in [0.15, 0.2) is 0 Å². The summed E-state index contributed by atoms with van der Waals surface area (Å²) < 4.78 is 11.9. The first-order valence-corrected chi connectivity index (χ1v) is 8.91. The summed E-state index contributed by atoms with van der Waals surface area (Å²) in [6.07, 6.45) is 4.01. The smallest absolute Gasteiger partial charge is 0.408 e. The highest BCUT2D eigenvalue weighted by Gasteiger charge is 2.26. The van der Waals surface area contributed by atoms with E-state index >= 15 is 0 Å². The molecule has 1 atom stereocenters. The van der Waals surface area contributed by atoms with Gasteiger partial charge < -0.3 is 19.4 Å². The molecule has 1 aromatic carbocycles. The van der Waals surface area contributed by atoms with Crippen LogP contribution in [0.5, 0.6) is 0 Å². The zero-order chi connectivity index (χ0) is 20.0. The standard InChI is InChI=1S/C20H27N3O4/c1-6-14-7-9-16(10-8-14)23-12-15(21-13-23)11-17(18(24)26-5)22-19(25)27-20(2,3)4/h7-10,12-13,17H,6,11H2,1-5H3,(H,22,25)/t17-/m0/s1. The number of benzene rings is 1. The summed E-state index contributed by atoms with van der Waals surface area (Å²) in [4.78, 5) is 28.4. The largest absolute Gasteiger partial charge is 0.467 e. The maximum Gasteiger partial charge on any atom is 0.408 e. The van der Waals surface area contributed by atoms with E-state index in [2.05, 4.69) is 29.4 Å². The molecule has 146 valence electrons. The fraction of sp³-hybridized carbons (Fsp3) is 0.450. The van der Waals surface area contributed by atoms with Crippen LogP contribution in [0, 0.1) is 0 Å². The van der Waals surface area contributed by atoms with Crippen molar-refractivity contribution in [3.8, 4) is 5.69 Å². The number of nitrogens with one attached hydrogen (secondary N) is 1. The fourth-order valence-corrected chi connectivity index (χ4v) is 2.51. The van der Waals surface area contributed by atoms with Gasteiger partial charge in [-0.2, -0.15) is 0 Å². The van der Waals surface area contributed by atoms with Gasteiger partial charge >= 0.3 is 12.1 Å². The topological polar surface area (TPSA) is 82.5 Å². The van der Waals surface area contributed by atoms with Crippen LogP contribution < -0.4 is 5.32 Å². The lowest BCUT2D eigenvalue weighted by atomic mass is 10.1. The van der Waals surface area contributed by atoms with Crippen LogP contribution in [0.3, 0.4) is 0 Å². The third-order valence-corrected chi connectivity index (χ3v) is 3.87. The second-order valence-electron chi connectivity index (χ2n) is 7.22. The first-order chi connectivity index (χ1) is 12.7. The fourth-order valence-electron chi connectivity index (χ4n) is 2.51. The summed E-state index contributed by atoms with van der Waals surface area (Å²) in [6, 6.07) is 7.28. The highest BCUT2D eigenvalue weighted by atomic mass is 16.6. The number of rotatable bonds is 6. The number of hydrogen-bond donors (Lipinski definition) is 1. The van der Waals surface area contributed by atoms with E-state index < -0.39 is 23.7 Å². The summed E-state index contributed by atoms with van der Waals surface area (Å²) in [6.45, 7) is 7.37. The van der Waals surface area contributed by atoms with Gasteiger partial charge in [-0.1, -0.05) is 19.1 Å². The van der Waals surface area contributed by atoms with Gasteiger partial charge in [-0.3, -0.25) is 0 Å². The molecule has 1 heterocycles. The molecule has 1 aromatic heterocycles. The van der Waals surface area contributed by atoms with Crippen molar-refractivity contribution in [3.05, 3.63) is 48.0 Å². The van der Waals surface area contributed by atoms with Gasteiger partial charge in [0.25, 0.3) is 0 Å². The first kappa shape index (κ1) is 20.5. The van der Waals surface area contributed by atoms with Gasteiger partial charge in [-0.05, 0) is 44.9 Å². The van der Waals surface area contributed by atoms with E-state index in [1.165, 1.54) is 12.7 Å².